The van der Waals surface area contributed by atoms with Crippen LogP contribution in [-0.4, -0.2) is 49.1 Å². The number of nitro benzene ring substituents is 1. The molecule has 1 unspecified atom stereocenters. The molecule has 1 spiro atoms. The highest BCUT2D eigenvalue weighted by atomic mass is 127. The first-order valence-corrected chi connectivity index (χ1v) is 7.89. The van der Waals surface area contributed by atoms with Crippen LogP contribution in [0.2, 0.25) is 0 Å². The van der Waals surface area contributed by atoms with E-state index in [1.807, 2.05) is 6.07 Å². The normalized spacial score (nSPS) is 23.4. The Labute approximate surface area is 158 Å². The SMILES string of the molecule is CN=C(NCc1ccccc1[N+](=O)[O-])N1CCC2(CCOC2)C1.I. The van der Waals surface area contributed by atoms with Gasteiger partial charge in [-0.2, -0.15) is 0 Å². The molecule has 24 heavy (non-hydrogen) atoms. The minimum atomic E-state index is -0.347. The molecule has 8 heteroatoms. The lowest BCUT2D eigenvalue weighted by atomic mass is 9.87. The Balaban J connectivity index is 0.00000208. The van der Waals surface area contributed by atoms with Crippen LogP contribution >= 0.6 is 24.0 Å². The predicted octanol–water partition coefficient (Wildman–Crippen LogP) is 2.40. The van der Waals surface area contributed by atoms with E-state index in [9.17, 15) is 10.1 Å². The molecule has 3 rings (SSSR count). The van der Waals surface area contributed by atoms with Gasteiger partial charge in [-0.15, -0.1) is 24.0 Å². The Morgan fingerprint density at radius 3 is 2.92 bits per heavy atom. The number of halogens is 1. The third kappa shape index (κ3) is 3.97. The summed E-state index contributed by atoms with van der Waals surface area (Å²) >= 11 is 0. The largest absolute Gasteiger partial charge is 0.381 e. The number of nitro groups is 1. The van der Waals surface area contributed by atoms with Gasteiger partial charge in [-0.25, -0.2) is 0 Å². The molecule has 0 bridgehead atoms. The highest BCUT2D eigenvalue weighted by Crippen LogP contribution is 2.38. The third-order valence-electron chi connectivity index (χ3n) is 4.76. The van der Waals surface area contributed by atoms with Gasteiger partial charge in [-0.3, -0.25) is 15.1 Å². The molecule has 2 aliphatic rings. The van der Waals surface area contributed by atoms with E-state index < -0.39 is 0 Å². The van der Waals surface area contributed by atoms with Crippen LogP contribution in [0.15, 0.2) is 29.3 Å². The third-order valence-corrected chi connectivity index (χ3v) is 4.76. The summed E-state index contributed by atoms with van der Waals surface area (Å²) in [6.45, 7) is 3.94. The number of benzene rings is 1. The maximum absolute atomic E-state index is 11.1. The number of hydrogen-bond acceptors (Lipinski definition) is 4. The molecule has 7 nitrogen and oxygen atoms in total. The smallest absolute Gasteiger partial charge is 0.274 e. The standard InChI is InChI=1S/C16H22N4O3.HI/c1-17-15(19-8-6-16(11-19)7-9-23-12-16)18-10-13-4-2-3-5-14(13)20(21)22;/h2-5H,6-12H2,1H3,(H,17,18);1H. The van der Waals surface area contributed by atoms with E-state index in [0.717, 1.165) is 45.1 Å². The van der Waals surface area contributed by atoms with Crippen LogP contribution in [0.1, 0.15) is 18.4 Å². The summed E-state index contributed by atoms with van der Waals surface area (Å²) < 4.78 is 5.55. The summed E-state index contributed by atoms with van der Waals surface area (Å²) in [5.74, 6) is 0.798. The number of likely N-dealkylation sites (tertiary alicyclic amines) is 1. The first kappa shape index (κ1) is 18.9. The number of para-hydroxylation sites is 1. The molecule has 0 radical (unpaired) electrons. The predicted molar refractivity (Wildman–Crippen MR) is 103 cm³/mol. The van der Waals surface area contributed by atoms with Gasteiger partial charge in [0.05, 0.1) is 11.5 Å². The second-order valence-electron chi connectivity index (χ2n) is 6.26. The van der Waals surface area contributed by atoms with Crippen molar-refractivity contribution in [3.8, 4) is 0 Å². The Morgan fingerprint density at radius 1 is 1.46 bits per heavy atom. The second kappa shape index (κ2) is 8.11. The molecular formula is C16H23IN4O3. The molecule has 0 amide bonds. The molecule has 1 atom stereocenters. The van der Waals surface area contributed by atoms with Gasteiger partial charge in [0.15, 0.2) is 5.96 Å². The fraction of sp³-hybridized carbons (Fsp3) is 0.562. The van der Waals surface area contributed by atoms with Gasteiger partial charge in [0, 0.05) is 50.3 Å². The van der Waals surface area contributed by atoms with Crippen molar-refractivity contribution in [3.63, 3.8) is 0 Å². The van der Waals surface area contributed by atoms with E-state index in [-0.39, 0.29) is 40.0 Å². The van der Waals surface area contributed by atoms with E-state index >= 15 is 0 Å². The van der Waals surface area contributed by atoms with Gasteiger partial charge in [-0.1, -0.05) is 18.2 Å². The van der Waals surface area contributed by atoms with Gasteiger partial charge in [0.2, 0.25) is 0 Å². The number of aliphatic imine (C=N–C) groups is 1. The fourth-order valence-electron chi connectivity index (χ4n) is 3.43. The molecule has 2 saturated heterocycles. The molecule has 2 aliphatic heterocycles. The van der Waals surface area contributed by atoms with Gasteiger partial charge in [-0.05, 0) is 12.8 Å². The maximum Gasteiger partial charge on any atom is 0.274 e. The number of hydrogen-bond donors (Lipinski definition) is 1. The minimum Gasteiger partial charge on any atom is -0.381 e. The summed E-state index contributed by atoms with van der Waals surface area (Å²) in [5, 5.41) is 14.3. The molecule has 1 aromatic rings. The first-order valence-electron chi connectivity index (χ1n) is 7.89. The number of guanidine groups is 1. The average molecular weight is 446 g/mol. The molecule has 0 saturated carbocycles. The van der Waals surface area contributed by atoms with Gasteiger partial charge < -0.3 is 15.0 Å². The zero-order valence-corrected chi connectivity index (χ0v) is 16.1. The average Bonchev–Trinajstić information content (AvgIpc) is 3.19. The molecule has 2 heterocycles. The minimum absolute atomic E-state index is 0. The summed E-state index contributed by atoms with van der Waals surface area (Å²) in [6, 6.07) is 6.80. The highest BCUT2D eigenvalue weighted by molar-refractivity contribution is 14.0. The Morgan fingerprint density at radius 2 is 2.25 bits per heavy atom. The van der Waals surface area contributed by atoms with Crippen LogP contribution in [0.4, 0.5) is 5.69 Å². The molecule has 0 aliphatic carbocycles. The van der Waals surface area contributed by atoms with Crippen LogP contribution in [0.25, 0.3) is 0 Å². The number of nitrogens with one attached hydrogen (secondary N) is 1. The van der Waals surface area contributed by atoms with Crippen LogP contribution in [-0.2, 0) is 11.3 Å². The van der Waals surface area contributed by atoms with Gasteiger partial charge in [0.1, 0.15) is 0 Å². The van der Waals surface area contributed by atoms with Crippen LogP contribution in [0.5, 0.6) is 0 Å². The topological polar surface area (TPSA) is 80.0 Å². The number of ether oxygens (including phenoxy) is 1. The second-order valence-corrected chi connectivity index (χ2v) is 6.26. The summed E-state index contributed by atoms with van der Waals surface area (Å²) in [6.07, 6.45) is 2.21. The van der Waals surface area contributed by atoms with Crippen molar-refractivity contribution >= 4 is 35.6 Å². The summed E-state index contributed by atoms with van der Waals surface area (Å²) in [4.78, 5) is 17.3. The van der Waals surface area contributed by atoms with Crippen molar-refractivity contribution in [1.82, 2.24) is 10.2 Å². The van der Waals surface area contributed by atoms with E-state index in [2.05, 4.69) is 15.2 Å². The van der Waals surface area contributed by atoms with Crippen LogP contribution < -0.4 is 5.32 Å². The maximum atomic E-state index is 11.1. The van der Waals surface area contributed by atoms with Gasteiger partial charge in [0.25, 0.3) is 5.69 Å². The lowest BCUT2D eigenvalue weighted by Crippen LogP contribution is -2.41. The fourth-order valence-corrected chi connectivity index (χ4v) is 3.43. The first-order chi connectivity index (χ1) is 11.1. The Hall–Kier alpha value is -1.42. The van der Waals surface area contributed by atoms with Crippen LogP contribution in [0, 0.1) is 15.5 Å². The van der Waals surface area contributed by atoms with Crippen molar-refractivity contribution in [1.29, 1.82) is 0 Å². The molecule has 1 N–H and O–H groups in total. The van der Waals surface area contributed by atoms with E-state index in [1.165, 1.54) is 6.07 Å². The lowest BCUT2D eigenvalue weighted by Gasteiger charge is -2.24. The zero-order chi connectivity index (χ0) is 16.3. The zero-order valence-electron chi connectivity index (χ0n) is 13.7. The molecule has 132 valence electrons. The molecule has 0 aromatic heterocycles. The van der Waals surface area contributed by atoms with Gasteiger partial charge >= 0.3 is 0 Å². The van der Waals surface area contributed by atoms with Crippen molar-refractivity contribution in [3.05, 3.63) is 39.9 Å². The van der Waals surface area contributed by atoms with Crippen molar-refractivity contribution < 1.29 is 9.66 Å². The monoisotopic (exact) mass is 446 g/mol. The molecular weight excluding hydrogens is 423 g/mol. The number of nitrogens with zero attached hydrogens (tertiary/aromatic N) is 3. The van der Waals surface area contributed by atoms with E-state index in [0.29, 0.717) is 12.1 Å². The molecule has 2 fully saturated rings. The van der Waals surface area contributed by atoms with Crippen LogP contribution in [0.3, 0.4) is 0 Å². The van der Waals surface area contributed by atoms with E-state index in [1.54, 1.807) is 19.2 Å². The van der Waals surface area contributed by atoms with Crippen molar-refractivity contribution in [2.45, 2.75) is 19.4 Å². The Bertz CT molecular complexity index is 617. The summed E-state index contributed by atoms with van der Waals surface area (Å²) in [7, 11) is 1.75. The summed E-state index contributed by atoms with van der Waals surface area (Å²) in [5.41, 5.74) is 1.06. The quantitative estimate of drug-likeness (QED) is 0.254. The Kier molecular flexibility index (Phi) is 6.39. The van der Waals surface area contributed by atoms with E-state index in [4.69, 9.17) is 4.74 Å². The molecule has 1 aromatic carbocycles. The van der Waals surface area contributed by atoms with Crippen molar-refractivity contribution in [2.75, 3.05) is 33.4 Å². The lowest BCUT2D eigenvalue weighted by molar-refractivity contribution is -0.385. The number of rotatable bonds is 3. The van der Waals surface area contributed by atoms with Crippen molar-refractivity contribution in [2.24, 2.45) is 10.4 Å². The highest BCUT2D eigenvalue weighted by Gasteiger charge is 2.42.